The van der Waals surface area contributed by atoms with Crippen molar-refractivity contribution < 1.29 is 50.7 Å². The number of ether oxygens (including phenoxy) is 4. The summed E-state index contributed by atoms with van der Waals surface area (Å²) in [7, 11) is -1.49. The highest BCUT2D eigenvalue weighted by Crippen LogP contribution is 2.58. The average Bonchev–Trinajstić information content (AvgIpc) is 3.95. The Morgan fingerprint density at radius 3 is 2.33 bits per heavy atom. The summed E-state index contributed by atoms with van der Waals surface area (Å²) in [6.45, 7) is 12.8. The van der Waals surface area contributed by atoms with E-state index in [0.717, 1.165) is 5.39 Å². The molecule has 0 unspecified atom stereocenters. The highest BCUT2D eigenvalue weighted by molar-refractivity contribution is 7.85. The molecule has 2 heterocycles. The van der Waals surface area contributed by atoms with Gasteiger partial charge in [0.1, 0.15) is 23.1 Å². The van der Waals surface area contributed by atoms with E-state index < -0.39 is 74.0 Å². The Bertz CT molecular complexity index is 1860. The van der Waals surface area contributed by atoms with E-state index in [9.17, 15) is 27.6 Å². The first-order valence-corrected chi connectivity index (χ1v) is 20.0. The zero-order valence-corrected chi connectivity index (χ0v) is 33.7. The highest BCUT2D eigenvalue weighted by atomic mass is 32.2. The van der Waals surface area contributed by atoms with E-state index in [-0.39, 0.29) is 38.3 Å². The number of nitrogens with one attached hydrogen (secondary N) is 1. The maximum absolute atomic E-state index is 14.6. The first-order valence-electron chi connectivity index (χ1n) is 18.6. The lowest BCUT2D eigenvalue weighted by Crippen LogP contribution is -2.49. The molecule has 1 N–H and O–H groups in total. The molecule has 3 fully saturated rings. The Morgan fingerprint density at radius 2 is 1.76 bits per heavy atom. The first-order chi connectivity index (χ1) is 25.1. The van der Waals surface area contributed by atoms with Crippen LogP contribution in [-0.4, -0.2) is 92.6 Å². The van der Waals surface area contributed by atoms with Crippen LogP contribution in [0.2, 0.25) is 0 Å². The van der Waals surface area contributed by atoms with Crippen molar-refractivity contribution in [2.24, 2.45) is 22.7 Å². The quantitative estimate of drug-likeness (QED) is 0.228. The van der Waals surface area contributed by atoms with Crippen LogP contribution in [0, 0.1) is 22.7 Å². The maximum atomic E-state index is 14.6. The number of Topliss-reactive ketones (excluding diaryl/α,β-unsaturated/α-hetero) is 1. The van der Waals surface area contributed by atoms with Crippen LogP contribution in [0.15, 0.2) is 30.5 Å². The van der Waals surface area contributed by atoms with Crippen LogP contribution in [0.3, 0.4) is 0 Å². The van der Waals surface area contributed by atoms with Crippen molar-refractivity contribution in [3.05, 3.63) is 30.5 Å². The number of hydrogen-bond donors (Lipinski definition) is 1. The lowest BCUT2D eigenvalue weighted by atomic mass is 9.77. The molecule has 2 amide bonds. The zero-order chi connectivity index (χ0) is 39.9. The normalized spacial score (nSPS) is 24.1. The van der Waals surface area contributed by atoms with Gasteiger partial charge in [0.25, 0.3) is 0 Å². The third-order valence-electron chi connectivity index (χ3n) is 10.7. The number of hydrogen-bond acceptors (Lipinski definition) is 12. The number of methoxy groups -OCH3 is 2. The molecule has 1 aromatic heterocycles. The van der Waals surface area contributed by atoms with Gasteiger partial charge in [-0.25, -0.2) is 13.9 Å². The summed E-state index contributed by atoms with van der Waals surface area (Å²) in [5.74, 6) is -2.31. The Morgan fingerprint density at radius 1 is 1.06 bits per heavy atom. The fourth-order valence-corrected chi connectivity index (χ4v) is 8.65. The van der Waals surface area contributed by atoms with Gasteiger partial charge in [0.2, 0.25) is 17.7 Å². The van der Waals surface area contributed by atoms with Crippen LogP contribution in [0.1, 0.15) is 93.4 Å². The molecular formula is C39H55N3O11S. The van der Waals surface area contributed by atoms with Gasteiger partial charge in [-0.1, -0.05) is 34.1 Å². The minimum absolute atomic E-state index is 0.0184. The summed E-state index contributed by atoms with van der Waals surface area (Å²) in [5.41, 5.74) is -3.77. The number of benzene rings is 1. The minimum Gasteiger partial charge on any atom is -0.497 e. The molecule has 5 rings (SSSR count). The highest BCUT2D eigenvalue weighted by Gasteiger charge is 2.62. The lowest BCUT2D eigenvalue weighted by molar-refractivity contribution is -0.161. The number of carbonyl (C=O) groups excluding carboxylic acids is 4. The molecule has 1 aliphatic heterocycles. The van der Waals surface area contributed by atoms with Crippen molar-refractivity contribution in [1.29, 1.82) is 0 Å². The molecule has 2 aromatic rings. The SMILES string of the molecule is CC[C@@H]1C[C@]1(CC(=O)[C@@H]1C[C@@H](Oc2nccc3cc(OC)ccc23)CN1C(=O)[C@@H](CC(=O)OC(C)(C)C)C(C)(C)C)C(=O)NS(=O)(=O)OC1(COC)CC1. The maximum Gasteiger partial charge on any atom is 0.362 e. The van der Waals surface area contributed by atoms with Crippen molar-refractivity contribution in [2.75, 3.05) is 27.4 Å². The molecule has 0 radical (unpaired) electrons. The van der Waals surface area contributed by atoms with Crippen LogP contribution < -0.4 is 14.2 Å². The van der Waals surface area contributed by atoms with Crippen LogP contribution in [-0.2, 0) is 43.1 Å². The third kappa shape index (κ3) is 9.51. The summed E-state index contributed by atoms with van der Waals surface area (Å²) in [6.07, 6.45) is 2.30. The molecule has 5 atom stereocenters. The van der Waals surface area contributed by atoms with E-state index in [1.165, 1.54) is 12.0 Å². The number of carbonyl (C=O) groups is 4. The van der Waals surface area contributed by atoms with Gasteiger partial charge < -0.3 is 23.8 Å². The van der Waals surface area contributed by atoms with Crippen LogP contribution in [0.4, 0.5) is 0 Å². The number of likely N-dealkylation sites (tertiary alicyclic amines) is 1. The Balaban J connectivity index is 1.42. The van der Waals surface area contributed by atoms with Gasteiger partial charge in [0.15, 0.2) is 5.78 Å². The van der Waals surface area contributed by atoms with E-state index in [4.69, 9.17) is 23.1 Å². The smallest absolute Gasteiger partial charge is 0.362 e. The average molecular weight is 774 g/mol. The minimum atomic E-state index is -4.50. The van der Waals surface area contributed by atoms with Gasteiger partial charge in [-0.15, -0.1) is 0 Å². The molecule has 2 aliphatic carbocycles. The van der Waals surface area contributed by atoms with Gasteiger partial charge in [-0.05, 0) is 81.0 Å². The number of fused-ring (bicyclic) bond motifs is 1. The Kier molecular flexibility index (Phi) is 11.8. The van der Waals surface area contributed by atoms with Crippen LogP contribution in [0.5, 0.6) is 11.6 Å². The molecule has 0 spiro atoms. The molecule has 298 valence electrons. The number of ketones is 1. The predicted octanol–water partition coefficient (Wildman–Crippen LogP) is 4.92. The zero-order valence-electron chi connectivity index (χ0n) is 32.9. The first kappa shape index (κ1) is 41.3. The van der Waals surface area contributed by atoms with Crippen molar-refractivity contribution in [3.8, 4) is 11.6 Å². The number of aromatic nitrogens is 1. The molecule has 1 aromatic carbocycles. The summed E-state index contributed by atoms with van der Waals surface area (Å²) < 4.78 is 55.9. The number of esters is 1. The van der Waals surface area contributed by atoms with Gasteiger partial charge in [-0.2, -0.15) is 8.42 Å². The Labute approximate surface area is 318 Å². The summed E-state index contributed by atoms with van der Waals surface area (Å²) >= 11 is 0. The van der Waals surface area contributed by atoms with E-state index >= 15 is 0 Å². The van der Waals surface area contributed by atoms with E-state index in [1.54, 1.807) is 40.1 Å². The predicted molar refractivity (Wildman–Crippen MR) is 199 cm³/mol. The molecule has 0 bridgehead atoms. The largest absolute Gasteiger partial charge is 0.497 e. The fraction of sp³-hybridized carbons (Fsp3) is 0.667. The number of pyridine rings is 1. The molecule has 15 heteroatoms. The number of rotatable bonds is 16. The molecule has 54 heavy (non-hydrogen) atoms. The van der Waals surface area contributed by atoms with E-state index in [0.29, 0.717) is 42.7 Å². The Hall–Kier alpha value is -3.82. The number of amides is 2. The van der Waals surface area contributed by atoms with Crippen molar-refractivity contribution in [1.82, 2.24) is 14.6 Å². The molecule has 1 saturated heterocycles. The van der Waals surface area contributed by atoms with Crippen LogP contribution in [0.25, 0.3) is 10.8 Å². The second-order valence-corrected chi connectivity index (χ2v) is 18.4. The van der Waals surface area contributed by atoms with Gasteiger partial charge in [-0.3, -0.25) is 19.2 Å². The van der Waals surface area contributed by atoms with Gasteiger partial charge in [0, 0.05) is 31.5 Å². The van der Waals surface area contributed by atoms with Gasteiger partial charge >= 0.3 is 16.3 Å². The van der Waals surface area contributed by atoms with E-state index in [2.05, 4.69) is 9.71 Å². The second-order valence-electron chi connectivity index (χ2n) is 17.1. The van der Waals surface area contributed by atoms with Gasteiger partial charge in [0.05, 0.1) is 44.1 Å². The van der Waals surface area contributed by atoms with Crippen LogP contribution >= 0.6 is 0 Å². The fourth-order valence-electron chi connectivity index (χ4n) is 7.49. The lowest BCUT2D eigenvalue weighted by Gasteiger charge is -2.35. The van der Waals surface area contributed by atoms with Crippen molar-refractivity contribution in [2.45, 2.75) is 117 Å². The van der Waals surface area contributed by atoms with Crippen molar-refractivity contribution >= 4 is 44.6 Å². The summed E-state index contributed by atoms with van der Waals surface area (Å²) in [5, 5.41) is 1.54. The van der Waals surface area contributed by atoms with E-state index in [1.807, 2.05) is 45.9 Å². The third-order valence-corrected chi connectivity index (χ3v) is 11.7. The second kappa shape index (κ2) is 15.4. The van der Waals surface area contributed by atoms with Crippen molar-refractivity contribution in [3.63, 3.8) is 0 Å². The standard InChI is InChI=1S/C39H55N3O11S/c1-10-25-20-39(25,35(46)41-54(47,48)53-38(14-15-38)23-49-8)21-31(43)30-18-27(51-33-28-12-11-26(50-9)17-24(28)13-16-40-33)22-42(30)34(45)29(36(2,3)4)19-32(44)52-37(5,6)7/h11-13,16-17,25,27,29-30H,10,14-15,18-23H2,1-9H3,(H,41,46)/t25-,27-,29-,30+,39-/m1/s1. The molecule has 14 nitrogen and oxygen atoms in total. The topological polar surface area (TPSA) is 177 Å². The number of nitrogens with zero attached hydrogens (tertiary/aromatic N) is 2. The summed E-state index contributed by atoms with van der Waals surface area (Å²) in [6, 6.07) is 6.27. The molecule has 2 saturated carbocycles. The summed E-state index contributed by atoms with van der Waals surface area (Å²) in [4.78, 5) is 61.9. The molecule has 3 aliphatic rings. The molecular weight excluding hydrogens is 719 g/mol. The monoisotopic (exact) mass is 773 g/mol.